The minimum atomic E-state index is -0.692. The van der Waals surface area contributed by atoms with E-state index in [0.717, 1.165) is 27.0 Å². The number of nitrogens with zero attached hydrogens (tertiary/aromatic N) is 3. The van der Waals surface area contributed by atoms with E-state index in [2.05, 4.69) is 5.10 Å². The fourth-order valence-corrected chi connectivity index (χ4v) is 5.18. The summed E-state index contributed by atoms with van der Waals surface area (Å²) in [6, 6.07) is 14.9. The molecular formula is C23H19FN4O2S. The van der Waals surface area contributed by atoms with Crippen molar-refractivity contribution in [1.82, 2.24) is 14.7 Å². The third-order valence-electron chi connectivity index (χ3n) is 5.66. The van der Waals surface area contributed by atoms with Gasteiger partial charge in [0.1, 0.15) is 16.7 Å². The number of hydrogen-bond acceptors (Lipinski definition) is 4. The third kappa shape index (κ3) is 3.29. The van der Waals surface area contributed by atoms with Gasteiger partial charge in [-0.05, 0) is 48.4 Å². The summed E-state index contributed by atoms with van der Waals surface area (Å²) in [7, 11) is 0. The van der Waals surface area contributed by atoms with E-state index in [1.807, 2.05) is 37.3 Å². The van der Waals surface area contributed by atoms with E-state index in [0.29, 0.717) is 23.5 Å². The van der Waals surface area contributed by atoms with Gasteiger partial charge in [-0.3, -0.25) is 9.59 Å². The Bertz CT molecular complexity index is 1330. The zero-order valence-corrected chi connectivity index (χ0v) is 17.5. The van der Waals surface area contributed by atoms with Crippen LogP contribution in [-0.4, -0.2) is 32.5 Å². The van der Waals surface area contributed by atoms with Gasteiger partial charge in [0, 0.05) is 18.4 Å². The van der Waals surface area contributed by atoms with Crippen LogP contribution in [0, 0.1) is 12.7 Å². The van der Waals surface area contributed by atoms with Crippen LogP contribution in [0.4, 0.5) is 4.39 Å². The first-order valence-electron chi connectivity index (χ1n) is 9.84. The van der Waals surface area contributed by atoms with Crippen molar-refractivity contribution in [2.75, 3.05) is 0 Å². The molecule has 0 unspecified atom stereocenters. The van der Waals surface area contributed by atoms with Crippen LogP contribution in [0.15, 0.2) is 54.6 Å². The first-order chi connectivity index (χ1) is 14.9. The second-order valence-electron chi connectivity index (χ2n) is 7.63. The molecule has 0 aliphatic carbocycles. The van der Waals surface area contributed by atoms with Gasteiger partial charge in [0.15, 0.2) is 0 Å². The number of primary amides is 1. The summed E-state index contributed by atoms with van der Waals surface area (Å²) in [5.74, 6) is -1.07. The lowest BCUT2D eigenvalue weighted by Crippen LogP contribution is -2.51. The van der Waals surface area contributed by atoms with Gasteiger partial charge in [-0.2, -0.15) is 5.10 Å². The van der Waals surface area contributed by atoms with Gasteiger partial charge in [-0.1, -0.05) is 24.3 Å². The molecule has 0 bridgehead atoms. The smallest absolute Gasteiger partial charge is 0.265 e. The predicted octanol–water partition coefficient (Wildman–Crippen LogP) is 3.59. The van der Waals surface area contributed by atoms with Gasteiger partial charge < -0.3 is 10.6 Å². The van der Waals surface area contributed by atoms with Crippen LogP contribution in [-0.2, 0) is 17.8 Å². The number of aromatic nitrogens is 2. The highest BCUT2D eigenvalue weighted by Gasteiger charge is 2.34. The Labute approximate surface area is 181 Å². The van der Waals surface area contributed by atoms with E-state index < -0.39 is 11.9 Å². The summed E-state index contributed by atoms with van der Waals surface area (Å²) in [5, 5.41) is 5.39. The van der Waals surface area contributed by atoms with Crippen molar-refractivity contribution in [3.63, 3.8) is 0 Å². The molecule has 2 N–H and O–H groups in total. The molecule has 8 heteroatoms. The number of hydrogen-bond donors (Lipinski definition) is 1. The average molecular weight is 434 g/mol. The summed E-state index contributed by atoms with van der Waals surface area (Å²) in [6.07, 6.45) is 0.407. The highest BCUT2D eigenvalue weighted by Crippen LogP contribution is 2.33. The lowest BCUT2D eigenvalue weighted by molar-refractivity contribution is -0.122. The van der Waals surface area contributed by atoms with Gasteiger partial charge in [-0.15, -0.1) is 11.3 Å². The van der Waals surface area contributed by atoms with Crippen LogP contribution in [0.2, 0.25) is 0 Å². The number of nitrogens with two attached hydrogens (primary N) is 1. The molecule has 6 nitrogen and oxygen atoms in total. The second kappa shape index (κ2) is 7.31. The number of fused-ring (bicyclic) bond motifs is 2. The summed E-state index contributed by atoms with van der Waals surface area (Å²) in [6.45, 7) is 2.20. The van der Waals surface area contributed by atoms with Crippen molar-refractivity contribution >= 4 is 33.4 Å². The monoisotopic (exact) mass is 434 g/mol. The number of thiophene rings is 1. The molecule has 0 fully saturated rings. The molecule has 31 heavy (non-hydrogen) atoms. The Morgan fingerprint density at radius 1 is 1.13 bits per heavy atom. The lowest BCUT2D eigenvalue weighted by Gasteiger charge is -2.34. The minimum Gasteiger partial charge on any atom is -0.368 e. The van der Waals surface area contributed by atoms with Crippen molar-refractivity contribution in [2.24, 2.45) is 5.73 Å². The maximum absolute atomic E-state index is 13.4. The summed E-state index contributed by atoms with van der Waals surface area (Å²) < 4.78 is 15.0. The first-order valence-corrected chi connectivity index (χ1v) is 10.7. The van der Waals surface area contributed by atoms with E-state index in [-0.39, 0.29) is 11.7 Å². The summed E-state index contributed by atoms with van der Waals surface area (Å²) in [4.78, 5) is 28.4. The molecule has 0 saturated carbocycles. The van der Waals surface area contributed by atoms with Crippen molar-refractivity contribution in [2.45, 2.75) is 25.9 Å². The quantitative estimate of drug-likeness (QED) is 0.535. The lowest BCUT2D eigenvalue weighted by atomic mass is 9.93. The molecule has 1 aliphatic heterocycles. The van der Waals surface area contributed by atoms with E-state index >= 15 is 0 Å². The van der Waals surface area contributed by atoms with Crippen molar-refractivity contribution < 1.29 is 14.0 Å². The SMILES string of the molecule is Cc1nn(-c2ccc(F)cc2)c2sc(C(=O)N3Cc4ccccc4C[C@H]3C(N)=O)cc12. The molecule has 0 radical (unpaired) electrons. The first kappa shape index (κ1) is 19.4. The number of benzene rings is 2. The van der Waals surface area contributed by atoms with Crippen LogP contribution in [0.5, 0.6) is 0 Å². The fraction of sp³-hybridized carbons (Fsp3) is 0.174. The molecule has 156 valence electrons. The van der Waals surface area contributed by atoms with Gasteiger partial charge >= 0.3 is 0 Å². The highest BCUT2D eigenvalue weighted by molar-refractivity contribution is 7.20. The second-order valence-corrected chi connectivity index (χ2v) is 8.66. The largest absolute Gasteiger partial charge is 0.368 e. The third-order valence-corrected chi connectivity index (χ3v) is 6.76. The molecular weight excluding hydrogens is 415 g/mol. The van der Waals surface area contributed by atoms with Crippen molar-refractivity contribution in [3.05, 3.63) is 82.1 Å². The Morgan fingerprint density at radius 3 is 2.55 bits per heavy atom. The van der Waals surface area contributed by atoms with Gasteiger partial charge in [0.25, 0.3) is 5.91 Å². The molecule has 2 aromatic heterocycles. The Hall–Kier alpha value is -3.52. The molecule has 5 rings (SSSR count). The van der Waals surface area contributed by atoms with Crippen LogP contribution in [0.3, 0.4) is 0 Å². The number of halogens is 1. The van der Waals surface area contributed by atoms with Crippen molar-refractivity contribution in [3.8, 4) is 5.69 Å². The van der Waals surface area contributed by atoms with Crippen LogP contribution < -0.4 is 5.73 Å². The Balaban J connectivity index is 1.54. The van der Waals surface area contributed by atoms with Crippen LogP contribution in [0.1, 0.15) is 26.5 Å². The standard InChI is InChI=1S/C23H19FN4O2S/c1-13-18-11-20(31-23(18)28(26-13)17-8-6-16(24)7-9-17)22(30)27-12-15-5-3-2-4-14(15)10-19(27)21(25)29/h2-9,11,19H,10,12H2,1H3,(H2,25,29)/t19-/m0/s1. The Kier molecular flexibility index (Phi) is 4.59. The maximum atomic E-state index is 13.4. The normalized spacial score (nSPS) is 15.8. The van der Waals surface area contributed by atoms with Gasteiger partial charge in [0.2, 0.25) is 5.91 Å². The van der Waals surface area contributed by atoms with E-state index in [1.54, 1.807) is 21.7 Å². The number of rotatable bonds is 3. The van der Waals surface area contributed by atoms with E-state index in [1.165, 1.54) is 23.5 Å². The molecule has 1 atom stereocenters. The zero-order valence-electron chi connectivity index (χ0n) is 16.7. The van der Waals surface area contributed by atoms with Crippen molar-refractivity contribution in [1.29, 1.82) is 0 Å². The number of carbonyl (C=O) groups is 2. The fourth-order valence-electron chi connectivity index (χ4n) is 4.04. The van der Waals surface area contributed by atoms with Gasteiger partial charge in [0.05, 0.1) is 16.3 Å². The predicted molar refractivity (Wildman–Crippen MR) is 117 cm³/mol. The maximum Gasteiger partial charge on any atom is 0.265 e. The highest BCUT2D eigenvalue weighted by atomic mass is 32.1. The zero-order chi connectivity index (χ0) is 21.7. The topological polar surface area (TPSA) is 81.2 Å². The van der Waals surface area contributed by atoms with Crippen LogP contribution in [0.25, 0.3) is 15.9 Å². The Morgan fingerprint density at radius 2 is 1.84 bits per heavy atom. The molecule has 2 aromatic carbocycles. The summed E-state index contributed by atoms with van der Waals surface area (Å²) in [5.41, 5.74) is 9.18. The number of amides is 2. The van der Waals surface area contributed by atoms with E-state index in [4.69, 9.17) is 5.73 Å². The van der Waals surface area contributed by atoms with Crippen LogP contribution >= 0.6 is 11.3 Å². The molecule has 0 saturated heterocycles. The minimum absolute atomic E-state index is 0.232. The molecule has 2 amide bonds. The number of aryl methyl sites for hydroxylation is 1. The van der Waals surface area contributed by atoms with E-state index in [9.17, 15) is 14.0 Å². The molecule has 3 heterocycles. The molecule has 4 aromatic rings. The molecule has 1 aliphatic rings. The summed E-state index contributed by atoms with van der Waals surface area (Å²) >= 11 is 1.30. The van der Waals surface area contributed by atoms with Gasteiger partial charge in [-0.25, -0.2) is 9.07 Å². The molecule has 0 spiro atoms. The average Bonchev–Trinajstić information content (AvgIpc) is 3.33. The number of carbonyl (C=O) groups excluding carboxylic acids is 2.